The lowest BCUT2D eigenvalue weighted by atomic mass is 9.97. The number of aliphatic hydroxyl groups excluding tert-OH is 1. The minimum absolute atomic E-state index is 0.0205. The maximum absolute atomic E-state index is 12.6. The largest absolute Gasteiger partial charge is 0.548 e. The fourth-order valence-electron chi connectivity index (χ4n) is 3.63. The molecule has 3 rings (SSSR count). The number of carbonyl (C=O) groups excluding carboxylic acids is 1. The minimum atomic E-state index is -4.10. The van der Waals surface area contributed by atoms with Crippen LogP contribution in [0.4, 0.5) is 5.69 Å². The lowest BCUT2D eigenvalue weighted by Crippen LogP contribution is -2.48. The van der Waals surface area contributed by atoms with E-state index in [9.17, 15) is 18.3 Å². The van der Waals surface area contributed by atoms with Gasteiger partial charge in [0.2, 0.25) is 10.0 Å². The van der Waals surface area contributed by atoms with E-state index in [1.165, 1.54) is 38.2 Å². The number of carboxylic acid groups (broad SMARTS) is 1. The van der Waals surface area contributed by atoms with E-state index in [-0.39, 0.29) is 11.3 Å². The maximum atomic E-state index is 12.6. The second-order valence-electron chi connectivity index (χ2n) is 7.93. The summed E-state index contributed by atoms with van der Waals surface area (Å²) >= 11 is 0. The number of hydrogen-bond donors (Lipinski definition) is 3. The predicted molar refractivity (Wildman–Crippen MR) is 120 cm³/mol. The molecule has 1 unspecified atom stereocenters. The van der Waals surface area contributed by atoms with Crippen LogP contribution in [0.3, 0.4) is 0 Å². The van der Waals surface area contributed by atoms with E-state index in [0.717, 1.165) is 11.1 Å². The summed E-state index contributed by atoms with van der Waals surface area (Å²) in [5.41, 5.74) is 6.48. The zero-order valence-electron chi connectivity index (χ0n) is 18.1. The van der Waals surface area contributed by atoms with Crippen molar-refractivity contribution < 1.29 is 23.4 Å². The molecule has 1 atom stereocenters. The van der Waals surface area contributed by atoms with Crippen LogP contribution in [0.5, 0.6) is 0 Å². The number of nitrogens with two attached hydrogens (primary N) is 1. The number of aliphatic hydroxyl groups is 1. The third-order valence-corrected chi connectivity index (χ3v) is 6.81. The van der Waals surface area contributed by atoms with Gasteiger partial charge in [-0.25, -0.2) is 13.1 Å². The van der Waals surface area contributed by atoms with Gasteiger partial charge in [-0.2, -0.15) is 0 Å². The highest BCUT2D eigenvalue weighted by molar-refractivity contribution is 7.89. The lowest BCUT2D eigenvalue weighted by molar-refractivity contribution is -0.308. The molecule has 0 aromatic heterocycles. The van der Waals surface area contributed by atoms with Gasteiger partial charge in [0.25, 0.3) is 0 Å². The van der Waals surface area contributed by atoms with E-state index in [4.69, 9.17) is 10.8 Å². The lowest BCUT2D eigenvalue weighted by Gasteiger charge is -2.20. The monoisotopic (exact) mass is 450 g/mol. The normalized spacial score (nSPS) is 15.7. The van der Waals surface area contributed by atoms with Crippen molar-refractivity contribution in [3.05, 3.63) is 36.4 Å². The number of carbonyl (C=O) groups is 1. The molecule has 0 radical (unpaired) electrons. The Hall–Kier alpha value is -2.20. The van der Waals surface area contributed by atoms with Crippen molar-refractivity contribution in [2.24, 2.45) is 5.73 Å². The summed E-state index contributed by atoms with van der Waals surface area (Å²) in [6.07, 6.45) is 6.39. The average molecular weight is 451 g/mol. The maximum Gasteiger partial charge on any atom is 0.241 e. The molecule has 172 valence electrons. The van der Waals surface area contributed by atoms with E-state index >= 15 is 0 Å². The fraction of sp³-hybridized carbons (Fsp3) is 0.500. The first-order valence-electron chi connectivity index (χ1n) is 10.5. The number of fused-ring (bicyclic) bond motifs is 1. The van der Waals surface area contributed by atoms with Crippen molar-refractivity contribution in [3.8, 4) is 0 Å². The van der Waals surface area contributed by atoms with Crippen LogP contribution >= 0.6 is 0 Å². The third-order valence-electron chi connectivity index (χ3n) is 5.28. The third kappa shape index (κ3) is 6.90. The molecule has 1 aliphatic rings. The van der Waals surface area contributed by atoms with Gasteiger partial charge >= 0.3 is 0 Å². The van der Waals surface area contributed by atoms with Crippen molar-refractivity contribution in [1.29, 1.82) is 0 Å². The summed E-state index contributed by atoms with van der Waals surface area (Å²) in [5, 5.41) is 21.2. The molecule has 4 N–H and O–H groups in total. The molecule has 0 amide bonds. The van der Waals surface area contributed by atoms with E-state index in [1.54, 1.807) is 24.3 Å². The number of hydrogen-bond acceptors (Lipinski definition) is 7. The Kier molecular flexibility index (Phi) is 9.24. The molecule has 1 aliphatic carbocycles. The second kappa shape index (κ2) is 11.4. The van der Waals surface area contributed by atoms with Gasteiger partial charge in [0.15, 0.2) is 0 Å². The zero-order chi connectivity index (χ0) is 23.0. The van der Waals surface area contributed by atoms with E-state index in [2.05, 4.69) is 4.72 Å². The summed E-state index contributed by atoms with van der Waals surface area (Å²) in [6, 6.07) is 9.12. The molecule has 0 saturated heterocycles. The van der Waals surface area contributed by atoms with Crippen LogP contribution in [0.1, 0.15) is 38.5 Å². The van der Waals surface area contributed by atoms with Crippen LogP contribution in [-0.4, -0.2) is 52.3 Å². The van der Waals surface area contributed by atoms with Crippen LogP contribution in [0.2, 0.25) is 0 Å². The van der Waals surface area contributed by atoms with Crippen LogP contribution in [-0.2, 0) is 14.8 Å². The molecule has 1 saturated carbocycles. The molecule has 9 heteroatoms. The van der Waals surface area contributed by atoms with Gasteiger partial charge in [0, 0.05) is 43.2 Å². The number of nitrogens with one attached hydrogen (secondary N) is 1. The van der Waals surface area contributed by atoms with Crippen molar-refractivity contribution in [2.45, 2.75) is 55.5 Å². The highest BCUT2D eigenvalue weighted by Gasteiger charge is 2.23. The standard InChI is InChI=1S/C16H20N2O5S.C6H13N/c1-18(2)14-7-3-6-12-11(14)5-4-8-15(12)24(22,23)17-13(9-10-19)16(20)21;7-6-4-2-1-3-5-6/h3-8,13,17,19H,9-10H2,1-2H3,(H,20,21);6H,1-5,7H2/p-1. The molecule has 0 spiro atoms. The van der Waals surface area contributed by atoms with Crippen molar-refractivity contribution in [1.82, 2.24) is 4.72 Å². The van der Waals surface area contributed by atoms with E-state index < -0.39 is 28.6 Å². The zero-order valence-corrected chi connectivity index (χ0v) is 18.9. The summed E-state index contributed by atoms with van der Waals surface area (Å²) in [4.78, 5) is 12.9. The van der Waals surface area contributed by atoms with E-state index in [0.29, 0.717) is 11.4 Å². The van der Waals surface area contributed by atoms with Gasteiger partial charge in [0.1, 0.15) is 0 Å². The first kappa shape index (κ1) is 25.1. The molecule has 0 heterocycles. The van der Waals surface area contributed by atoms with Crippen LogP contribution < -0.4 is 20.5 Å². The second-order valence-corrected chi connectivity index (χ2v) is 9.61. The number of nitrogens with zero attached hydrogens (tertiary/aromatic N) is 1. The first-order valence-corrected chi connectivity index (χ1v) is 11.9. The number of benzene rings is 2. The van der Waals surface area contributed by atoms with Gasteiger partial charge in [-0.3, -0.25) is 0 Å². The quantitative estimate of drug-likeness (QED) is 0.572. The summed E-state index contributed by atoms with van der Waals surface area (Å²) in [5.74, 6) is -1.58. The van der Waals surface area contributed by atoms with Crippen molar-refractivity contribution in [2.75, 3.05) is 25.6 Å². The molecular weight excluding hydrogens is 418 g/mol. The molecule has 1 fully saturated rings. The molecule has 2 aromatic rings. The SMILES string of the molecule is CN(C)c1cccc2c(S(=O)(=O)NC(CCO)C(=O)[O-])cccc12.NC1CCCCC1. The molecular formula is C22H32N3O5S-. The highest BCUT2D eigenvalue weighted by Crippen LogP contribution is 2.30. The van der Waals surface area contributed by atoms with Gasteiger partial charge in [-0.05, 0) is 31.4 Å². The Bertz CT molecular complexity index is 972. The number of carboxylic acids is 1. The summed E-state index contributed by atoms with van der Waals surface area (Å²) in [7, 11) is -0.399. The predicted octanol–water partition coefficient (Wildman–Crippen LogP) is 0.963. The summed E-state index contributed by atoms with van der Waals surface area (Å²) in [6.45, 7) is -0.471. The molecule has 0 bridgehead atoms. The molecule has 31 heavy (non-hydrogen) atoms. The smallest absolute Gasteiger partial charge is 0.241 e. The van der Waals surface area contributed by atoms with E-state index in [1.807, 2.05) is 25.1 Å². The van der Waals surface area contributed by atoms with Crippen molar-refractivity contribution >= 4 is 32.5 Å². The number of anilines is 1. The Balaban J connectivity index is 0.000000412. The van der Waals surface area contributed by atoms with Crippen molar-refractivity contribution in [3.63, 3.8) is 0 Å². The molecule has 2 aromatic carbocycles. The number of rotatable bonds is 7. The topological polar surface area (TPSA) is 136 Å². The number of sulfonamides is 1. The molecule has 8 nitrogen and oxygen atoms in total. The Morgan fingerprint density at radius 2 is 1.77 bits per heavy atom. The summed E-state index contributed by atoms with van der Waals surface area (Å²) < 4.78 is 27.3. The van der Waals surface area contributed by atoms with Gasteiger partial charge in [0.05, 0.1) is 16.9 Å². The Labute approximate surface area is 184 Å². The van der Waals surface area contributed by atoms with Gasteiger partial charge in [-0.1, -0.05) is 43.5 Å². The average Bonchev–Trinajstić information content (AvgIpc) is 2.73. The molecule has 0 aliphatic heterocycles. The van der Waals surface area contributed by atoms with Crippen LogP contribution in [0.25, 0.3) is 10.8 Å². The Morgan fingerprint density at radius 3 is 2.29 bits per heavy atom. The minimum Gasteiger partial charge on any atom is -0.548 e. The van der Waals surface area contributed by atoms with Gasteiger partial charge < -0.3 is 25.6 Å². The first-order chi connectivity index (χ1) is 14.7. The van der Waals surface area contributed by atoms with Crippen LogP contribution in [0.15, 0.2) is 41.3 Å². The fourth-order valence-corrected chi connectivity index (χ4v) is 5.07. The highest BCUT2D eigenvalue weighted by atomic mass is 32.2. The van der Waals surface area contributed by atoms with Crippen LogP contribution in [0, 0.1) is 0 Å². The van der Waals surface area contributed by atoms with Gasteiger partial charge in [-0.15, -0.1) is 0 Å². The number of aliphatic carboxylic acids is 1. The Morgan fingerprint density at radius 1 is 1.16 bits per heavy atom.